The number of halogens is 1. The SMILES string of the molecule is COc1ccc(C(C)NCCOc2ccccc2)cc1Br. The van der Waals surface area contributed by atoms with Crippen molar-refractivity contribution < 1.29 is 9.47 Å². The van der Waals surface area contributed by atoms with Gasteiger partial charge in [-0.3, -0.25) is 0 Å². The minimum atomic E-state index is 0.256. The summed E-state index contributed by atoms with van der Waals surface area (Å²) in [5, 5.41) is 3.45. The third kappa shape index (κ3) is 4.76. The van der Waals surface area contributed by atoms with Crippen molar-refractivity contribution in [2.75, 3.05) is 20.3 Å². The Hall–Kier alpha value is -1.52. The van der Waals surface area contributed by atoms with Crippen molar-refractivity contribution in [1.82, 2.24) is 5.32 Å². The van der Waals surface area contributed by atoms with Crippen LogP contribution in [0.1, 0.15) is 18.5 Å². The lowest BCUT2D eigenvalue weighted by atomic mass is 10.1. The largest absolute Gasteiger partial charge is 0.496 e. The molecule has 4 heteroatoms. The minimum absolute atomic E-state index is 0.256. The molecule has 0 radical (unpaired) electrons. The normalized spacial score (nSPS) is 12.0. The van der Waals surface area contributed by atoms with Crippen LogP contribution in [-0.2, 0) is 0 Å². The summed E-state index contributed by atoms with van der Waals surface area (Å²) in [6.45, 7) is 3.57. The molecule has 21 heavy (non-hydrogen) atoms. The Morgan fingerprint density at radius 2 is 1.90 bits per heavy atom. The van der Waals surface area contributed by atoms with Crippen LogP contribution in [0.25, 0.3) is 0 Å². The van der Waals surface area contributed by atoms with Gasteiger partial charge < -0.3 is 14.8 Å². The molecule has 0 saturated carbocycles. The zero-order valence-corrected chi connectivity index (χ0v) is 13.9. The van der Waals surface area contributed by atoms with Crippen molar-refractivity contribution in [2.24, 2.45) is 0 Å². The zero-order valence-electron chi connectivity index (χ0n) is 12.3. The van der Waals surface area contributed by atoms with Gasteiger partial charge in [-0.1, -0.05) is 24.3 Å². The molecule has 0 bridgehead atoms. The van der Waals surface area contributed by atoms with Crippen molar-refractivity contribution in [3.8, 4) is 11.5 Å². The van der Waals surface area contributed by atoms with E-state index in [1.54, 1.807) is 7.11 Å². The zero-order chi connectivity index (χ0) is 15.1. The van der Waals surface area contributed by atoms with Crippen LogP contribution in [0.4, 0.5) is 0 Å². The Kier molecular flexibility index (Phi) is 6.08. The van der Waals surface area contributed by atoms with E-state index >= 15 is 0 Å². The summed E-state index contributed by atoms with van der Waals surface area (Å²) in [5.74, 6) is 1.75. The first-order valence-electron chi connectivity index (χ1n) is 6.95. The minimum Gasteiger partial charge on any atom is -0.496 e. The van der Waals surface area contributed by atoms with Crippen LogP contribution < -0.4 is 14.8 Å². The summed E-state index contributed by atoms with van der Waals surface area (Å²) in [6, 6.07) is 16.2. The average molecular weight is 350 g/mol. The van der Waals surface area contributed by atoms with E-state index in [4.69, 9.17) is 9.47 Å². The first-order valence-corrected chi connectivity index (χ1v) is 7.74. The van der Waals surface area contributed by atoms with Crippen LogP contribution in [0.15, 0.2) is 53.0 Å². The molecular weight excluding hydrogens is 330 g/mol. The number of rotatable bonds is 7. The molecule has 0 aliphatic heterocycles. The number of methoxy groups -OCH3 is 1. The van der Waals surface area contributed by atoms with E-state index in [0.29, 0.717) is 6.61 Å². The molecular formula is C17H20BrNO2. The lowest BCUT2D eigenvalue weighted by Crippen LogP contribution is -2.24. The fourth-order valence-electron chi connectivity index (χ4n) is 2.03. The van der Waals surface area contributed by atoms with Crippen LogP contribution in [0.3, 0.4) is 0 Å². The molecule has 1 N–H and O–H groups in total. The number of para-hydroxylation sites is 1. The molecule has 0 saturated heterocycles. The molecule has 0 aliphatic rings. The summed E-state index contributed by atoms with van der Waals surface area (Å²) >= 11 is 3.51. The number of hydrogen-bond acceptors (Lipinski definition) is 3. The topological polar surface area (TPSA) is 30.5 Å². The van der Waals surface area contributed by atoms with E-state index in [0.717, 1.165) is 22.5 Å². The van der Waals surface area contributed by atoms with Crippen LogP contribution >= 0.6 is 15.9 Å². The number of ether oxygens (including phenoxy) is 2. The molecule has 0 amide bonds. The molecule has 2 rings (SSSR count). The van der Waals surface area contributed by atoms with E-state index in [9.17, 15) is 0 Å². The smallest absolute Gasteiger partial charge is 0.133 e. The summed E-state index contributed by atoms with van der Waals surface area (Å²) in [7, 11) is 1.67. The van der Waals surface area contributed by atoms with E-state index in [2.05, 4.69) is 40.3 Å². The number of hydrogen-bond donors (Lipinski definition) is 1. The van der Waals surface area contributed by atoms with Gasteiger partial charge >= 0.3 is 0 Å². The average Bonchev–Trinajstić information content (AvgIpc) is 2.52. The van der Waals surface area contributed by atoms with Gasteiger partial charge in [-0.2, -0.15) is 0 Å². The third-order valence-electron chi connectivity index (χ3n) is 3.24. The quantitative estimate of drug-likeness (QED) is 0.760. The Morgan fingerprint density at radius 3 is 2.57 bits per heavy atom. The van der Waals surface area contributed by atoms with Gasteiger partial charge in [0.05, 0.1) is 11.6 Å². The Labute approximate surface area is 134 Å². The van der Waals surface area contributed by atoms with Gasteiger partial charge in [0.2, 0.25) is 0 Å². The van der Waals surface area contributed by atoms with E-state index in [1.807, 2.05) is 36.4 Å². The Morgan fingerprint density at radius 1 is 1.14 bits per heavy atom. The molecule has 2 aromatic rings. The molecule has 0 aliphatic carbocycles. The second-order valence-corrected chi connectivity index (χ2v) is 5.59. The fourth-order valence-corrected chi connectivity index (χ4v) is 2.59. The van der Waals surface area contributed by atoms with Crippen molar-refractivity contribution in [2.45, 2.75) is 13.0 Å². The van der Waals surface area contributed by atoms with Gasteiger partial charge in [0, 0.05) is 12.6 Å². The van der Waals surface area contributed by atoms with Crippen LogP contribution in [0.2, 0.25) is 0 Å². The highest BCUT2D eigenvalue weighted by molar-refractivity contribution is 9.10. The van der Waals surface area contributed by atoms with Gasteiger partial charge in [-0.05, 0) is 52.7 Å². The fraction of sp³-hybridized carbons (Fsp3) is 0.294. The lowest BCUT2D eigenvalue weighted by molar-refractivity contribution is 0.307. The van der Waals surface area contributed by atoms with Gasteiger partial charge in [-0.25, -0.2) is 0 Å². The van der Waals surface area contributed by atoms with E-state index < -0.39 is 0 Å². The lowest BCUT2D eigenvalue weighted by Gasteiger charge is -2.16. The molecule has 3 nitrogen and oxygen atoms in total. The first kappa shape index (κ1) is 15.9. The second-order valence-electron chi connectivity index (χ2n) is 4.73. The highest BCUT2D eigenvalue weighted by Crippen LogP contribution is 2.27. The predicted octanol–water partition coefficient (Wildman–Crippen LogP) is 4.19. The standard InChI is InChI=1S/C17H20BrNO2/c1-13(14-8-9-17(20-2)16(18)12-14)19-10-11-21-15-6-4-3-5-7-15/h3-9,12-13,19H,10-11H2,1-2H3. The Bertz CT molecular complexity index is 560. The monoisotopic (exact) mass is 349 g/mol. The summed E-state index contributed by atoms with van der Waals surface area (Å²) in [6.07, 6.45) is 0. The molecule has 1 unspecified atom stereocenters. The maximum Gasteiger partial charge on any atom is 0.133 e. The molecule has 112 valence electrons. The van der Waals surface area contributed by atoms with Gasteiger partial charge in [0.15, 0.2) is 0 Å². The van der Waals surface area contributed by atoms with Crippen LogP contribution in [0, 0.1) is 0 Å². The molecule has 0 aromatic heterocycles. The van der Waals surface area contributed by atoms with Crippen molar-refractivity contribution in [1.29, 1.82) is 0 Å². The van der Waals surface area contributed by atoms with E-state index in [-0.39, 0.29) is 6.04 Å². The van der Waals surface area contributed by atoms with Crippen molar-refractivity contribution in [3.05, 3.63) is 58.6 Å². The highest BCUT2D eigenvalue weighted by Gasteiger charge is 2.07. The first-order chi connectivity index (χ1) is 10.2. The molecule has 2 aromatic carbocycles. The van der Waals surface area contributed by atoms with Gasteiger partial charge in [0.1, 0.15) is 18.1 Å². The van der Waals surface area contributed by atoms with Crippen molar-refractivity contribution in [3.63, 3.8) is 0 Å². The third-order valence-corrected chi connectivity index (χ3v) is 3.86. The predicted molar refractivity (Wildman–Crippen MR) is 89.0 cm³/mol. The number of benzene rings is 2. The maximum absolute atomic E-state index is 5.66. The second kappa shape index (κ2) is 8.05. The molecule has 0 fully saturated rings. The van der Waals surface area contributed by atoms with Gasteiger partial charge in [-0.15, -0.1) is 0 Å². The van der Waals surface area contributed by atoms with Crippen molar-refractivity contribution >= 4 is 15.9 Å². The van der Waals surface area contributed by atoms with Crippen LogP contribution in [0.5, 0.6) is 11.5 Å². The maximum atomic E-state index is 5.66. The molecule has 0 spiro atoms. The van der Waals surface area contributed by atoms with Gasteiger partial charge in [0.25, 0.3) is 0 Å². The summed E-state index contributed by atoms with van der Waals surface area (Å²) in [4.78, 5) is 0. The highest BCUT2D eigenvalue weighted by atomic mass is 79.9. The summed E-state index contributed by atoms with van der Waals surface area (Å²) < 4.78 is 11.9. The van der Waals surface area contributed by atoms with Crippen LogP contribution in [-0.4, -0.2) is 20.3 Å². The van der Waals surface area contributed by atoms with E-state index in [1.165, 1.54) is 5.56 Å². The summed E-state index contributed by atoms with van der Waals surface area (Å²) in [5.41, 5.74) is 1.21. The number of nitrogens with one attached hydrogen (secondary N) is 1. The Balaban J connectivity index is 1.79. The molecule has 0 heterocycles. The molecule has 1 atom stereocenters.